The van der Waals surface area contributed by atoms with Gasteiger partial charge in [-0.15, -0.1) is 14.8 Å². The minimum absolute atomic E-state index is 0.132. The van der Waals surface area contributed by atoms with Crippen LogP contribution in [0.15, 0.2) is 36.4 Å². The van der Waals surface area contributed by atoms with Crippen molar-refractivity contribution < 1.29 is 4.74 Å². The van der Waals surface area contributed by atoms with Gasteiger partial charge in [-0.1, -0.05) is 26.0 Å². The minimum Gasteiger partial charge on any atom is -0.497 e. The Kier molecular flexibility index (Phi) is 3.86. The SMILES string of the molecule is COc1ccc(C(Nc2ccc3nnnn3n2)C(C)C)cc1. The summed E-state index contributed by atoms with van der Waals surface area (Å²) in [5, 5.41) is 19.1. The van der Waals surface area contributed by atoms with E-state index in [2.05, 4.69) is 51.9 Å². The monoisotopic (exact) mass is 298 g/mol. The van der Waals surface area contributed by atoms with Crippen molar-refractivity contribution in [3.63, 3.8) is 0 Å². The lowest BCUT2D eigenvalue weighted by Crippen LogP contribution is -2.18. The lowest BCUT2D eigenvalue weighted by molar-refractivity contribution is 0.414. The van der Waals surface area contributed by atoms with Crippen molar-refractivity contribution in [1.29, 1.82) is 0 Å². The first-order valence-electron chi connectivity index (χ1n) is 7.13. The van der Waals surface area contributed by atoms with Gasteiger partial charge in [0.1, 0.15) is 11.6 Å². The molecule has 1 atom stereocenters. The Morgan fingerprint density at radius 2 is 1.86 bits per heavy atom. The molecule has 7 nitrogen and oxygen atoms in total. The first-order valence-corrected chi connectivity index (χ1v) is 7.13. The lowest BCUT2D eigenvalue weighted by Gasteiger charge is -2.23. The number of fused-ring (bicyclic) bond motifs is 1. The largest absolute Gasteiger partial charge is 0.497 e. The number of hydrogen-bond donors (Lipinski definition) is 1. The Balaban J connectivity index is 1.86. The molecule has 1 aromatic carbocycles. The van der Waals surface area contributed by atoms with E-state index in [0.29, 0.717) is 11.6 Å². The molecule has 114 valence electrons. The normalized spacial score (nSPS) is 12.5. The first kappa shape index (κ1) is 14.2. The number of rotatable bonds is 5. The molecule has 0 aliphatic rings. The highest BCUT2D eigenvalue weighted by Gasteiger charge is 2.16. The van der Waals surface area contributed by atoms with E-state index in [9.17, 15) is 0 Å². The van der Waals surface area contributed by atoms with E-state index < -0.39 is 0 Å². The average molecular weight is 298 g/mol. The van der Waals surface area contributed by atoms with Crippen LogP contribution in [-0.4, -0.2) is 32.4 Å². The van der Waals surface area contributed by atoms with Gasteiger partial charge >= 0.3 is 0 Å². The molecule has 0 aliphatic carbocycles. The third-order valence-electron chi connectivity index (χ3n) is 3.51. The number of tetrazole rings is 1. The van der Waals surface area contributed by atoms with E-state index >= 15 is 0 Å². The Morgan fingerprint density at radius 3 is 2.55 bits per heavy atom. The van der Waals surface area contributed by atoms with Crippen LogP contribution in [-0.2, 0) is 0 Å². The van der Waals surface area contributed by atoms with Gasteiger partial charge in [0.15, 0.2) is 5.65 Å². The topological polar surface area (TPSA) is 77.2 Å². The van der Waals surface area contributed by atoms with Crippen molar-refractivity contribution in [2.75, 3.05) is 12.4 Å². The van der Waals surface area contributed by atoms with Crippen LogP contribution in [0.4, 0.5) is 5.82 Å². The molecule has 3 aromatic rings. The maximum absolute atomic E-state index is 5.21. The summed E-state index contributed by atoms with van der Waals surface area (Å²) in [5.41, 5.74) is 1.80. The molecule has 0 radical (unpaired) electrons. The van der Waals surface area contributed by atoms with Gasteiger partial charge in [0.25, 0.3) is 0 Å². The predicted molar refractivity (Wildman–Crippen MR) is 82.8 cm³/mol. The standard InChI is InChI=1S/C15H18N6O/c1-10(2)15(11-4-6-12(22-3)7-5-11)16-13-8-9-14-17-19-20-21(14)18-13/h4-10,15H,1-3H3,(H,16,18). The van der Waals surface area contributed by atoms with Crippen LogP contribution in [0.3, 0.4) is 0 Å². The molecular formula is C15H18N6O. The third kappa shape index (κ3) is 2.83. The second kappa shape index (κ2) is 5.97. The highest BCUT2D eigenvalue weighted by molar-refractivity contribution is 5.44. The lowest BCUT2D eigenvalue weighted by atomic mass is 9.96. The number of hydrogen-bond acceptors (Lipinski definition) is 6. The zero-order chi connectivity index (χ0) is 15.5. The quantitative estimate of drug-likeness (QED) is 0.779. The zero-order valence-corrected chi connectivity index (χ0v) is 12.8. The average Bonchev–Trinajstić information content (AvgIpc) is 3.00. The summed E-state index contributed by atoms with van der Waals surface area (Å²) in [7, 11) is 1.67. The Hall–Kier alpha value is -2.70. The van der Waals surface area contributed by atoms with E-state index in [4.69, 9.17) is 4.74 Å². The summed E-state index contributed by atoms with van der Waals surface area (Å²) in [5.74, 6) is 1.97. The fourth-order valence-corrected chi connectivity index (χ4v) is 2.33. The van der Waals surface area contributed by atoms with Gasteiger partial charge in [0.05, 0.1) is 13.2 Å². The van der Waals surface area contributed by atoms with E-state index in [0.717, 1.165) is 11.6 Å². The molecule has 0 saturated carbocycles. The van der Waals surface area contributed by atoms with Gasteiger partial charge in [-0.05, 0) is 46.2 Å². The van der Waals surface area contributed by atoms with Crippen LogP contribution in [0.5, 0.6) is 5.75 Å². The third-order valence-corrected chi connectivity index (χ3v) is 3.51. The summed E-state index contributed by atoms with van der Waals surface area (Å²) in [6, 6.07) is 11.9. The van der Waals surface area contributed by atoms with E-state index in [1.807, 2.05) is 24.3 Å². The summed E-state index contributed by atoms with van der Waals surface area (Å²) in [4.78, 5) is 0. The van der Waals surface area contributed by atoms with Gasteiger partial charge < -0.3 is 10.1 Å². The number of ether oxygens (including phenoxy) is 1. The first-order chi connectivity index (χ1) is 10.7. The predicted octanol–water partition coefficient (Wildman–Crippen LogP) is 2.34. The molecule has 0 saturated heterocycles. The Morgan fingerprint density at radius 1 is 1.09 bits per heavy atom. The van der Waals surface area contributed by atoms with Crippen molar-refractivity contribution in [3.8, 4) is 5.75 Å². The molecule has 0 fully saturated rings. The highest BCUT2D eigenvalue weighted by Crippen LogP contribution is 2.27. The zero-order valence-electron chi connectivity index (χ0n) is 12.8. The number of methoxy groups -OCH3 is 1. The highest BCUT2D eigenvalue weighted by atomic mass is 16.5. The molecule has 0 aliphatic heterocycles. The number of benzene rings is 1. The fraction of sp³-hybridized carbons (Fsp3) is 0.333. The molecule has 2 heterocycles. The number of anilines is 1. The van der Waals surface area contributed by atoms with Crippen molar-refractivity contribution in [2.24, 2.45) is 5.92 Å². The molecule has 7 heteroatoms. The van der Waals surface area contributed by atoms with Crippen molar-refractivity contribution in [3.05, 3.63) is 42.0 Å². The van der Waals surface area contributed by atoms with Gasteiger partial charge in [0, 0.05) is 0 Å². The molecule has 1 unspecified atom stereocenters. The van der Waals surface area contributed by atoms with Crippen molar-refractivity contribution in [1.82, 2.24) is 25.3 Å². The van der Waals surface area contributed by atoms with Gasteiger partial charge in [-0.2, -0.15) is 0 Å². The van der Waals surface area contributed by atoms with E-state index in [1.54, 1.807) is 7.11 Å². The van der Waals surface area contributed by atoms with Crippen molar-refractivity contribution in [2.45, 2.75) is 19.9 Å². The van der Waals surface area contributed by atoms with Crippen LogP contribution < -0.4 is 10.1 Å². The molecule has 3 rings (SSSR count). The molecule has 0 bridgehead atoms. The second-order valence-corrected chi connectivity index (χ2v) is 5.38. The molecule has 2 aromatic heterocycles. The van der Waals surface area contributed by atoms with Gasteiger partial charge in [-0.25, -0.2) is 0 Å². The smallest absolute Gasteiger partial charge is 0.200 e. The maximum Gasteiger partial charge on any atom is 0.200 e. The minimum atomic E-state index is 0.132. The Bertz CT molecular complexity index is 752. The van der Waals surface area contributed by atoms with E-state index in [-0.39, 0.29) is 6.04 Å². The summed E-state index contributed by atoms with van der Waals surface area (Å²) in [6.07, 6.45) is 0. The van der Waals surface area contributed by atoms with Crippen LogP contribution in [0, 0.1) is 5.92 Å². The van der Waals surface area contributed by atoms with Gasteiger partial charge in [0.2, 0.25) is 0 Å². The number of aromatic nitrogens is 5. The second-order valence-electron chi connectivity index (χ2n) is 5.38. The molecule has 0 spiro atoms. The molecule has 0 amide bonds. The Labute approximate surface area is 128 Å². The summed E-state index contributed by atoms with van der Waals surface area (Å²) < 4.78 is 6.62. The van der Waals surface area contributed by atoms with Crippen LogP contribution in [0.25, 0.3) is 5.65 Å². The van der Waals surface area contributed by atoms with Crippen molar-refractivity contribution >= 4 is 11.5 Å². The van der Waals surface area contributed by atoms with E-state index in [1.165, 1.54) is 10.2 Å². The van der Waals surface area contributed by atoms with Crippen LogP contribution >= 0.6 is 0 Å². The summed E-state index contributed by atoms with van der Waals surface area (Å²) >= 11 is 0. The fourth-order valence-electron chi connectivity index (χ4n) is 2.33. The molecular weight excluding hydrogens is 280 g/mol. The summed E-state index contributed by atoms with van der Waals surface area (Å²) in [6.45, 7) is 4.33. The van der Waals surface area contributed by atoms with Gasteiger partial charge in [-0.3, -0.25) is 0 Å². The number of nitrogens with one attached hydrogen (secondary N) is 1. The molecule has 22 heavy (non-hydrogen) atoms. The molecule has 1 N–H and O–H groups in total. The van der Waals surface area contributed by atoms with Crippen LogP contribution in [0.2, 0.25) is 0 Å². The number of nitrogens with zero attached hydrogens (tertiary/aromatic N) is 5. The van der Waals surface area contributed by atoms with Crippen LogP contribution in [0.1, 0.15) is 25.5 Å². The maximum atomic E-state index is 5.21.